The van der Waals surface area contributed by atoms with Gasteiger partial charge in [-0.05, 0) is 23.8 Å². The van der Waals surface area contributed by atoms with Gasteiger partial charge in [-0.2, -0.15) is 0 Å². The first-order valence-corrected chi connectivity index (χ1v) is 6.73. The number of nitrogens with one attached hydrogen (secondary N) is 1. The molecule has 0 radical (unpaired) electrons. The van der Waals surface area contributed by atoms with Crippen LogP contribution in [-0.4, -0.2) is 4.98 Å². The van der Waals surface area contributed by atoms with Gasteiger partial charge in [0.15, 0.2) is 0 Å². The maximum absolute atomic E-state index is 6.08. The van der Waals surface area contributed by atoms with Crippen molar-refractivity contribution in [2.75, 3.05) is 11.1 Å². The van der Waals surface area contributed by atoms with Crippen molar-refractivity contribution in [1.29, 1.82) is 0 Å². The van der Waals surface area contributed by atoms with Crippen LogP contribution in [0.15, 0.2) is 54.7 Å². The molecule has 3 nitrogen and oxygen atoms in total. The number of pyridine rings is 1. The summed E-state index contributed by atoms with van der Waals surface area (Å²) >= 11 is 6.08. The SMILES string of the molecule is Nc1cc(Cl)cc2c(NCc3ccccc3)nccc12. The van der Waals surface area contributed by atoms with E-state index in [-0.39, 0.29) is 0 Å². The standard InChI is InChI=1S/C16H14ClN3/c17-12-8-14-13(15(18)9-12)6-7-19-16(14)20-10-11-4-2-1-3-5-11/h1-9H,10,18H2,(H,19,20). The molecule has 1 heterocycles. The van der Waals surface area contributed by atoms with Gasteiger partial charge < -0.3 is 11.1 Å². The molecule has 20 heavy (non-hydrogen) atoms. The van der Waals surface area contributed by atoms with Crippen molar-refractivity contribution in [2.24, 2.45) is 0 Å². The van der Waals surface area contributed by atoms with Gasteiger partial charge in [-0.1, -0.05) is 41.9 Å². The molecule has 0 aliphatic rings. The van der Waals surface area contributed by atoms with Crippen molar-refractivity contribution in [3.8, 4) is 0 Å². The van der Waals surface area contributed by atoms with E-state index >= 15 is 0 Å². The van der Waals surface area contributed by atoms with Crippen molar-refractivity contribution in [3.05, 3.63) is 65.3 Å². The van der Waals surface area contributed by atoms with Gasteiger partial charge in [-0.15, -0.1) is 0 Å². The highest BCUT2D eigenvalue weighted by atomic mass is 35.5. The maximum Gasteiger partial charge on any atom is 0.134 e. The number of rotatable bonds is 3. The molecule has 0 aliphatic heterocycles. The molecule has 0 fully saturated rings. The Morgan fingerprint density at radius 2 is 1.85 bits per heavy atom. The highest BCUT2D eigenvalue weighted by molar-refractivity contribution is 6.32. The second kappa shape index (κ2) is 5.39. The van der Waals surface area contributed by atoms with Gasteiger partial charge in [0, 0.05) is 34.2 Å². The van der Waals surface area contributed by atoms with Crippen LogP contribution in [0, 0.1) is 0 Å². The molecule has 100 valence electrons. The summed E-state index contributed by atoms with van der Waals surface area (Å²) in [5.41, 5.74) is 7.85. The topological polar surface area (TPSA) is 50.9 Å². The van der Waals surface area contributed by atoms with Gasteiger partial charge in [-0.25, -0.2) is 4.98 Å². The summed E-state index contributed by atoms with van der Waals surface area (Å²) in [4.78, 5) is 4.38. The van der Waals surface area contributed by atoms with E-state index in [1.807, 2.05) is 30.3 Å². The Labute approximate surface area is 122 Å². The van der Waals surface area contributed by atoms with Crippen LogP contribution in [0.1, 0.15) is 5.56 Å². The Bertz CT molecular complexity index is 741. The third kappa shape index (κ3) is 2.53. The maximum atomic E-state index is 6.08. The zero-order valence-electron chi connectivity index (χ0n) is 10.8. The van der Waals surface area contributed by atoms with E-state index in [1.165, 1.54) is 5.56 Å². The number of anilines is 2. The van der Waals surface area contributed by atoms with Gasteiger partial charge in [0.2, 0.25) is 0 Å². The summed E-state index contributed by atoms with van der Waals surface area (Å²) < 4.78 is 0. The van der Waals surface area contributed by atoms with Crippen LogP contribution in [0.5, 0.6) is 0 Å². The molecule has 3 rings (SSSR count). The van der Waals surface area contributed by atoms with Crippen LogP contribution >= 0.6 is 11.6 Å². The monoisotopic (exact) mass is 283 g/mol. The van der Waals surface area contributed by atoms with E-state index in [0.29, 0.717) is 17.3 Å². The highest BCUT2D eigenvalue weighted by Crippen LogP contribution is 2.29. The lowest BCUT2D eigenvalue weighted by atomic mass is 10.1. The molecule has 0 amide bonds. The molecule has 0 bridgehead atoms. The number of halogens is 1. The molecule has 3 N–H and O–H groups in total. The minimum Gasteiger partial charge on any atom is -0.398 e. The quantitative estimate of drug-likeness (QED) is 0.712. The summed E-state index contributed by atoms with van der Waals surface area (Å²) in [5, 5.41) is 5.85. The first kappa shape index (κ1) is 12.8. The Morgan fingerprint density at radius 3 is 2.65 bits per heavy atom. The number of nitrogens with zero attached hydrogens (tertiary/aromatic N) is 1. The second-order valence-electron chi connectivity index (χ2n) is 4.59. The lowest BCUT2D eigenvalue weighted by Gasteiger charge is -2.10. The number of hydrogen-bond acceptors (Lipinski definition) is 3. The van der Waals surface area contributed by atoms with Crippen LogP contribution in [0.3, 0.4) is 0 Å². The molecule has 4 heteroatoms. The summed E-state index contributed by atoms with van der Waals surface area (Å²) in [5.74, 6) is 0.792. The van der Waals surface area contributed by atoms with E-state index in [9.17, 15) is 0 Å². The Hall–Kier alpha value is -2.26. The van der Waals surface area contributed by atoms with Crippen molar-refractivity contribution < 1.29 is 0 Å². The lowest BCUT2D eigenvalue weighted by Crippen LogP contribution is -2.02. The first-order valence-electron chi connectivity index (χ1n) is 6.35. The number of nitrogen functional groups attached to an aromatic ring is 1. The number of fused-ring (bicyclic) bond motifs is 1. The summed E-state index contributed by atoms with van der Waals surface area (Å²) in [7, 11) is 0. The molecular weight excluding hydrogens is 270 g/mol. The molecule has 0 atom stereocenters. The van der Waals surface area contributed by atoms with Crippen molar-refractivity contribution in [3.63, 3.8) is 0 Å². The van der Waals surface area contributed by atoms with Crippen LogP contribution in [0.2, 0.25) is 5.02 Å². The molecule has 0 saturated heterocycles. The largest absolute Gasteiger partial charge is 0.398 e. The molecular formula is C16H14ClN3. The van der Waals surface area contributed by atoms with Crippen LogP contribution in [-0.2, 0) is 6.54 Å². The Kier molecular flexibility index (Phi) is 3.44. The minimum atomic E-state index is 0.616. The van der Waals surface area contributed by atoms with Crippen molar-refractivity contribution >= 4 is 33.9 Å². The molecule has 2 aromatic carbocycles. The predicted molar refractivity (Wildman–Crippen MR) is 84.9 cm³/mol. The summed E-state index contributed by atoms with van der Waals surface area (Å²) in [6, 6.07) is 15.7. The van der Waals surface area contributed by atoms with E-state index in [4.69, 9.17) is 17.3 Å². The van der Waals surface area contributed by atoms with Gasteiger partial charge in [-0.3, -0.25) is 0 Å². The van der Waals surface area contributed by atoms with Gasteiger partial charge in [0.1, 0.15) is 5.82 Å². The van der Waals surface area contributed by atoms with E-state index in [2.05, 4.69) is 22.4 Å². The summed E-state index contributed by atoms with van der Waals surface area (Å²) in [6.45, 7) is 0.708. The molecule has 0 spiro atoms. The number of benzene rings is 2. The van der Waals surface area contributed by atoms with Crippen molar-refractivity contribution in [2.45, 2.75) is 6.54 Å². The molecule has 0 saturated carbocycles. The average molecular weight is 284 g/mol. The third-order valence-electron chi connectivity index (χ3n) is 3.18. The minimum absolute atomic E-state index is 0.616. The molecule has 0 aliphatic carbocycles. The van der Waals surface area contributed by atoms with Gasteiger partial charge >= 0.3 is 0 Å². The number of aromatic nitrogens is 1. The van der Waals surface area contributed by atoms with Crippen LogP contribution < -0.4 is 11.1 Å². The van der Waals surface area contributed by atoms with Crippen LogP contribution in [0.25, 0.3) is 10.8 Å². The number of hydrogen-bond donors (Lipinski definition) is 2. The highest BCUT2D eigenvalue weighted by Gasteiger charge is 2.06. The fraction of sp³-hybridized carbons (Fsp3) is 0.0625. The Balaban J connectivity index is 1.95. The molecule has 1 aromatic heterocycles. The normalized spacial score (nSPS) is 10.7. The second-order valence-corrected chi connectivity index (χ2v) is 5.03. The third-order valence-corrected chi connectivity index (χ3v) is 3.40. The molecule has 3 aromatic rings. The smallest absolute Gasteiger partial charge is 0.134 e. The van der Waals surface area contributed by atoms with Crippen LogP contribution in [0.4, 0.5) is 11.5 Å². The van der Waals surface area contributed by atoms with Crippen molar-refractivity contribution in [1.82, 2.24) is 4.98 Å². The van der Waals surface area contributed by atoms with Gasteiger partial charge in [0.25, 0.3) is 0 Å². The number of nitrogens with two attached hydrogens (primary N) is 1. The van der Waals surface area contributed by atoms with E-state index in [0.717, 1.165) is 16.6 Å². The lowest BCUT2D eigenvalue weighted by molar-refractivity contribution is 1.12. The van der Waals surface area contributed by atoms with E-state index < -0.39 is 0 Å². The fourth-order valence-electron chi connectivity index (χ4n) is 2.20. The predicted octanol–water partition coefficient (Wildman–Crippen LogP) is 4.08. The zero-order valence-corrected chi connectivity index (χ0v) is 11.6. The fourth-order valence-corrected chi connectivity index (χ4v) is 2.43. The zero-order chi connectivity index (χ0) is 13.9. The van der Waals surface area contributed by atoms with E-state index in [1.54, 1.807) is 12.3 Å². The Morgan fingerprint density at radius 1 is 1.05 bits per heavy atom. The summed E-state index contributed by atoms with van der Waals surface area (Å²) in [6.07, 6.45) is 1.75. The molecule has 0 unspecified atom stereocenters. The average Bonchev–Trinajstić information content (AvgIpc) is 2.46. The van der Waals surface area contributed by atoms with Gasteiger partial charge in [0.05, 0.1) is 0 Å². The first-order chi connectivity index (χ1) is 9.74.